The van der Waals surface area contributed by atoms with Crippen molar-refractivity contribution in [3.05, 3.63) is 0 Å². The summed E-state index contributed by atoms with van der Waals surface area (Å²) in [5.41, 5.74) is 0. The zero-order valence-electron chi connectivity index (χ0n) is 14.9. The van der Waals surface area contributed by atoms with Crippen LogP contribution in [0.25, 0.3) is 0 Å². The third-order valence-electron chi connectivity index (χ3n) is 2.54. The van der Waals surface area contributed by atoms with Crippen LogP contribution in [0.5, 0.6) is 0 Å². The number of hydrogen-bond acceptors (Lipinski definition) is 8. The van der Waals surface area contributed by atoms with Gasteiger partial charge in [0.1, 0.15) is 0 Å². The minimum atomic E-state index is -3.36. The molecule has 0 bridgehead atoms. The van der Waals surface area contributed by atoms with E-state index in [9.17, 15) is 25.3 Å². The van der Waals surface area contributed by atoms with Crippen molar-refractivity contribution in [2.45, 2.75) is 25.7 Å². The van der Waals surface area contributed by atoms with E-state index in [1.807, 2.05) is 0 Å². The average Bonchev–Trinajstić information content (AvgIpc) is 2.44. The van der Waals surface area contributed by atoms with Gasteiger partial charge in [-0.1, -0.05) is 0 Å². The van der Waals surface area contributed by atoms with E-state index in [0.717, 1.165) is 0 Å². The van der Waals surface area contributed by atoms with Crippen LogP contribution in [-0.4, -0.2) is 68.9 Å². The largest absolute Gasteiger partial charge is 1.00 e. The quantitative estimate of drug-likeness (QED) is 0.118. The summed E-state index contributed by atoms with van der Waals surface area (Å²) in [4.78, 5) is 0. The average molecular weight is 487 g/mol. The predicted octanol–water partition coefficient (Wildman–Crippen LogP) is -1.77. The fourth-order valence-electron chi connectivity index (χ4n) is 1.45. The summed E-state index contributed by atoms with van der Waals surface area (Å²) in [6.45, 7) is 0. The maximum Gasteiger partial charge on any atom is 1.00 e. The van der Waals surface area contributed by atoms with E-state index in [2.05, 4.69) is 0 Å². The van der Waals surface area contributed by atoms with Crippen LogP contribution in [0.15, 0.2) is 0 Å². The molecular formula is C10H23NaO8S6. The van der Waals surface area contributed by atoms with Gasteiger partial charge in [-0.25, -0.2) is 25.3 Å². The summed E-state index contributed by atoms with van der Waals surface area (Å²) >= 11 is -3.84. The third-order valence-corrected chi connectivity index (χ3v) is 11.3. The molecule has 15 heteroatoms. The van der Waals surface area contributed by atoms with Crippen molar-refractivity contribution in [3.8, 4) is 0 Å². The van der Waals surface area contributed by atoms with Gasteiger partial charge in [0.25, 0.3) is 0 Å². The van der Waals surface area contributed by atoms with E-state index in [1.165, 1.54) is 0 Å². The van der Waals surface area contributed by atoms with Gasteiger partial charge in [-0.3, -0.25) is 0 Å². The Hall–Kier alpha value is 1.82. The summed E-state index contributed by atoms with van der Waals surface area (Å²) < 4.78 is 84.7. The Kier molecular flexibility index (Phi) is 18.2. The molecule has 0 aromatic heterocycles. The number of rotatable bonds is 15. The Morgan fingerprint density at radius 1 is 0.720 bits per heavy atom. The minimum absolute atomic E-state index is 0. The van der Waals surface area contributed by atoms with Crippen LogP contribution in [0.1, 0.15) is 27.1 Å². The Labute approximate surface area is 185 Å². The molecule has 0 aliphatic carbocycles. The van der Waals surface area contributed by atoms with Gasteiger partial charge in [-0.05, 0) is 47.3 Å². The van der Waals surface area contributed by atoms with Crippen LogP contribution < -0.4 is 29.6 Å². The molecule has 0 saturated carbocycles. The number of hydrogen-bond donors (Lipinski definition) is 2. The Balaban J connectivity index is -0.00000264. The molecule has 0 aliphatic rings. The fourth-order valence-corrected chi connectivity index (χ4v) is 8.92. The predicted molar refractivity (Wildman–Crippen MR) is 103 cm³/mol. The molecule has 0 radical (unpaired) electrons. The SMILES string of the molecule is O=S(O)CCCCS(=O)(=O)SCCSS(=O)(=O)CCCCS(=O)O.[H-].[Na+]. The molecule has 25 heavy (non-hydrogen) atoms. The van der Waals surface area contributed by atoms with Crippen molar-refractivity contribution in [1.82, 2.24) is 0 Å². The van der Waals surface area contributed by atoms with Crippen LogP contribution in [-0.2, 0) is 39.9 Å². The van der Waals surface area contributed by atoms with Crippen molar-refractivity contribution in [2.24, 2.45) is 0 Å². The summed E-state index contributed by atoms with van der Waals surface area (Å²) in [6.07, 6.45) is 1.26. The van der Waals surface area contributed by atoms with Gasteiger partial charge in [0, 0.05) is 23.0 Å². The van der Waals surface area contributed by atoms with Gasteiger partial charge >= 0.3 is 29.6 Å². The van der Waals surface area contributed by atoms with E-state index in [4.69, 9.17) is 9.11 Å². The molecule has 2 unspecified atom stereocenters. The minimum Gasteiger partial charge on any atom is -1.00 e. The van der Waals surface area contributed by atoms with Crippen LogP contribution in [0, 0.1) is 0 Å². The maximum absolute atomic E-state index is 11.7. The first-order chi connectivity index (χ1) is 11.0. The standard InChI is InChI=1S/C10H22O8S6.Na.H/c11-21(12)7-1-3-9-23(15,16)19-5-6-20-24(17,18)10-4-2-8-22(13)14;;/h1-10H2,(H,11,12)(H,13,14);;/q;+1;-1. The van der Waals surface area contributed by atoms with E-state index in [0.29, 0.717) is 47.3 Å². The second-order valence-corrected chi connectivity index (χ2v) is 15.5. The first-order valence-corrected chi connectivity index (χ1v) is 15.8. The molecule has 2 N–H and O–H groups in total. The molecule has 0 fully saturated rings. The van der Waals surface area contributed by atoms with Crippen LogP contribution in [0.2, 0.25) is 0 Å². The van der Waals surface area contributed by atoms with Gasteiger partial charge in [0.15, 0.2) is 22.2 Å². The van der Waals surface area contributed by atoms with E-state index in [-0.39, 0.29) is 65.5 Å². The van der Waals surface area contributed by atoms with E-state index in [1.54, 1.807) is 0 Å². The van der Waals surface area contributed by atoms with E-state index < -0.39 is 39.9 Å². The second kappa shape index (κ2) is 15.7. The monoisotopic (exact) mass is 486 g/mol. The van der Waals surface area contributed by atoms with Crippen molar-refractivity contribution in [2.75, 3.05) is 34.5 Å². The van der Waals surface area contributed by atoms with Gasteiger partial charge < -0.3 is 10.5 Å². The Morgan fingerprint density at radius 2 is 1.04 bits per heavy atom. The Morgan fingerprint density at radius 3 is 1.32 bits per heavy atom. The van der Waals surface area contributed by atoms with Crippen molar-refractivity contribution < 1.29 is 65.3 Å². The molecule has 0 aliphatic heterocycles. The molecule has 0 rings (SSSR count). The molecule has 0 amide bonds. The second-order valence-electron chi connectivity index (χ2n) is 4.63. The molecule has 0 saturated heterocycles. The zero-order chi connectivity index (χ0) is 18.6. The normalized spacial score (nSPS) is 14.6. The summed E-state index contributed by atoms with van der Waals surface area (Å²) in [5.74, 6) is 0.142. The van der Waals surface area contributed by atoms with Gasteiger partial charge in [-0.15, -0.1) is 0 Å². The summed E-state index contributed by atoms with van der Waals surface area (Å²) in [6, 6.07) is 0. The van der Waals surface area contributed by atoms with Crippen LogP contribution in [0.4, 0.5) is 0 Å². The zero-order valence-corrected chi connectivity index (χ0v) is 20.8. The molecule has 0 aromatic carbocycles. The number of unbranched alkanes of at least 4 members (excludes halogenated alkanes) is 2. The van der Waals surface area contributed by atoms with E-state index >= 15 is 0 Å². The summed E-state index contributed by atoms with van der Waals surface area (Å²) in [5, 5.41) is 0. The fraction of sp³-hybridized carbons (Fsp3) is 1.00. The molecule has 2 atom stereocenters. The first kappa shape index (κ1) is 29.0. The van der Waals surface area contributed by atoms with Crippen LogP contribution in [0.3, 0.4) is 0 Å². The van der Waals surface area contributed by atoms with Gasteiger partial charge in [0.2, 0.25) is 17.7 Å². The third kappa shape index (κ3) is 20.4. The molecule has 148 valence electrons. The molecule has 0 heterocycles. The molecular weight excluding hydrogens is 463 g/mol. The van der Waals surface area contributed by atoms with Gasteiger partial charge in [-0.2, -0.15) is 0 Å². The van der Waals surface area contributed by atoms with Crippen molar-refractivity contribution >= 4 is 61.5 Å². The summed E-state index contributed by atoms with van der Waals surface area (Å²) in [7, 11) is -5.35. The first-order valence-electron chi connectivity index (χ1n) is 6.93. The smallest absolute Gasteiger partial charge is 1.00 e. The Bertz CT molecular complexity index is 557. The van der Waals surface area contributed by atoms with Crippen molar-refractivity contribution in [1.29, 1.82) is 0 Å². The maximum atomic E-state index is 11.7. The van der Waals surface area contributed by atoms with Gasteiger partial charge in [0.05, 0.1) is 11.5 Å². The van der Waals surface area contributed by atoms with Crippen molar-refractivity contribution in [3.63, 3.8) is 0 Å². The van der Waals surface area contributed by atoms with Crippen LogP contribution >= 0.6 is 21.6 Å². The molecule has 0 spiro atoms. The topological polar surface area (TPSA) is 143 Å². The molecule has 0 aromatic rings. The molecule has 8 nitrogen and oxygen atoms in total.